The minimum Gasteiger partial charge on any atom is -0.381 e. The maximum atomic E-state index is 13.4. The van der Waals surface area contributed by atoms with Crippen molar-refractivity contribution in [1.29, 1.82) is 0 Å². The molecule has 0 aromatic carbocycles. The second kappa shape index (κ2) is 12.3. The summed E-state index contributed by atoms with van der Waals surface area (Å²) in [6.45, 7) is 4.69. The predicted molar refractivity (Wildman–Crippen MR) is 134 cm³/mol. The van der Waals surface area contributed by atoms with Gasteiger partial charge in [0.25, 0.3) is 5.91 Å². The van der Waals surface area contributed by atoms with Crippen LogP contribution in [0.1, 0.15) is 41.9 Å². The summed E-state index contributed by atoms with van der Waals surface area (Å²) >= 11 is 0. The van der Waals surface area contributed by atoms with Gasteiger partial charge in [-0.1, -0.05) is 12.7 Å². The highest BCUT2D eigenvalue weighted by molar-refractivity contribution is 5.98. The van der Waals surface area contributed by atoms with E-state index >= 15 is 0 Å². The van der Waals surface area contributed by atoms with E-state index < -0.39 is 12.7 Å². The molecule has 1 N–H and O–H groups in total. The molecule has 4 heterocycles. The third-order valence-corrected chi connectivity index (χ3v) is 6.80. The van der Waals surface area contributed by atoms with Gasteiger partial charge in [-0.25, -0.2) is 4.39 Å². The first-order valence-electron chi connectivity index (χ1n) is 11.9. The molecule has 2 aliphatic heterocycles. The van der Waals surface area contributed by atoms with E-state index in [9.17, 15) is 22.4 Å². The van der Waals surface area contributed by atoms with Crippen LogP contribution in [0.2, 0.25) is 0 Å². The molecule has 2 aromatic rings. The summed E-state index contributed by atoms with van der Waals surface area (Å²) in [5.74, 6) is -0.338. The topological polar surface area (TPSA) is 84.6 Å². The number of piperidine rings is 1. The van der Waals surface area contributed by atoms with Gasteiger partial charge in [0.2, 0.25) is 0 Å². The number of nitrogens with one attached hydrogen (secondary N) is 1. The van der Waals surface area contributed by atoms with Gasteiger partial charge in [0, 0.05) is 50.3 Å². The number of aromatic nitrogens is 3. The number of aliphatic imine (C=N–C) groups is 1. The number of carbonyl (C=O) groups excluding carboxylic acids is 1. The van der Waals surface area contributed by atoms with Crippen LogP contribution in [0, 0.1) is 5.41 Å². The Kier molecular flexibility index (Phi) is 9.36. The Morgan fingerprint density at radius 1 is 1.24 bits per heavy atom. The molecule has 0 saturated carbocycles. The molecule has 2 aliphatic rings. The Morgan fingerprint density at radius 3 is 2.58 bits per heavy atom. The second-order valence-corrected chi connectivity index (χ2v) is 9.13. The standard InChI is InChI=1S/C25H28F4N6O2.FH/c1-2-8-30-16-20(31-9-7-26)22-18-15-32-19(14-21(18)35(33-22)17-25(27,28)29)23(36)34-10-3-24(4-11-34)5-12-37-13-6-24;/h2,7-9,14-16,31H,1,3-6,10-13,17H2;1H/b9-7+,20-16-,30-8?;. The molecule has 1 amide bonds. The van der Waals surface area contributed by atoms with Gasteiger partial charge >= 0.3 is 6.18 Å². The number of halogens is 5. The van der Waals surface area contributed by atoms with Crippen molar-refractivity contribution >= 4 is 28.7 Å². The fraction of sp³-hybridized carbons (Fsp3) is 0.440. The van der Waals surface area contributed by atoms with Gasteiger partial charge in [0.1, 0.15) is 24.3 Å². The summed E-state index contributed by atoms with van der Waals surface area (Å²) in [4.78, 5) is 23.2. The van der Waals surface area contributed by atoms with E-state index in [1.54, 1.807) is 4.90 Å². The first-order chi connectivity index (χ1) is 17.8. The Bertz CT molecular complexity index is 1220. The van der Waals surface area contributed by atoms with E-state index in [0.717, 1.165) is 49.8 Å². The van der Waals surface area contributed by atoms with Crippen molar-refractivity contribution in [1.82, 2.24) is 25.0 Å². The quantitative estimate of drug-likeness (QED) is 0.404. The molecule has 0 aliphatic carbocycles. The highest BCUT2D eigenvalue weighted by atomic mass is 19.4. The number of carbonyl (C=O) groups is 1. The van der Waals surface area contributed by atoms with Crippen molar-refractivity contribution in [2.45, 2.75) is 38.4 Å². The summed E-state index contributed by atoms with van der Waals surface area (Å²) in [6, 6.07) is 1.33. The Hall–Kier alpha value is -3.61. The number of allylic oxidation sites excluding steroid dienone is 1. The lowest BCUT2D eigenvalue weighted by atomic mass is 9.72. The van der Waals surface area contributed by atoms with Gasteiger partial charge < -0.3 is 15.0 Å². The van der Waals surface area contributed by atoms with Crippen molar-refractivity contribution in [2.24, 2.45) is 10.4 Å². The van der Waals surface area contributed by atoms with E-state index in [4.69, 9.17) is 4.74 Å². The Morgan fingerprint density at radius 2 is 1.95 bits per heavy atom. The molecule has 4 rings (SSSR count). The number of rotatable bonds is 7. The monoisotopic (exact) mass is 540 g/mol. The largest absolute Gasteiger partial charge is 0.408 e. The van der Waals surface area contributed by atoms with Gasteiger partial charge in [-0.15, -0.1) is 0 Å². The lowest BCUT2D eigenvalue weighted by Crippen LogP contribution is -2.45. The molecule has 206 valence electrons. The summed E-state index contributed by atoms with van der Waals surface area (Å²) in [5, 5.41) is 6.98. The molecule has 0 unspecified atom stereocenters. The number of fused-ring (bicyclic) bond motifs is 1. The lowest BCUT2D eigenvalue weighted by Gasteiger charge is -2.44. The van der Waals surface area contributed by atoms with Crippen LogP contribution in [0.5, 0.6) is 0 Å². The Balaban J connectivity index is 0.00000400. The minimum absolute atomic E-state index is 0. The average Bonchev–Trinajstić information content (AvgIpc) is 3.22. The number of alkyl halides is 3. The highest BCUT2D eigenvalue weighted by Crippen LogP contribution is 2.40. The van der Waals surface area contributed by atoms with Gasteiger partial charge in [0.05, 0.1) is 17.4 Å². The molecule has 8 nitrogen and oxygen atoms in total. The maximum Gasteiger partial charge on any atom is 0.408 e. The number of pyridine rings is 1. The zero-order valence-corrected chi connectivity index (χ0v) is 20.6. The van der Waals surface area contributed by atoms with Crippen molar-refractivity contribution in [3.8, 4) is 0 Å². The fourth-order valence-electron chi connectivity index (χ4n) is 4.79. The molecule has 13 heteroatoms. The van der Waals surface area contributed by atoms with Crippen LogP contribution in [0.3, 0.4) is 0 Å². The van der Waals surface area contributed by atoms with Crippen LogP contribution < -0.4 is 5.32 Å². The van der Waals surface area contributed by atoms with Crippen LogP contribution in [-0.4, -0.2) is 64.3 Å². The summed E-state index contributed by atoms with van der Waals surface area (Å²) in [5.41, 5.74) is 0.510. The van der Waals surface area contributed by atoms with Crippen LogP contribution in [0.25, 0.3) is 16.6 Å². The first-order valence-corrected chi connectivity index (χ1v) is 11.9. The van der Waals surface area contributed by atoms with E-state index in [2.05, 4.69) is 27.0 Å². The molecular formula is C25H29F5N6O2. The summed E-state index contributed by atoms with van der Waals surface area (Å²) in [7, 11) is 0. The van der Waals surface area contributed by atoms with Crippen molar-refractivity contribution in [2.75, 3.05) is 26.3 Å². The molecule has 38 heavy (non-hydrogen) atoms. The highest BCUT2D eigenvalue weighted by Gasteiger charge is 2.38. The zero-order chi connectivity index (χ0) is 26.5. The van der Waals surface area contributed by atoms with Gasteiger partial charge in [-0.2, -0.15) is 18.3 Å². The number of hydrogen-bond acceptors (Lipinski definition) is 6. The van der Waals surface area contributed by atoms with Crippen LogP contribution in [0.4, 0.5) is 22.3 Å². The van der Waals surface area contributed by atoms with Crippen LogP contribution in [0.15, 0.2) is 48.6 Å². The third kappa shape index (κ3) is 6.63. The maximum absolute atomic E-state index is 13.4. The molecule has 2 fully saturated rings. The molecule has 1 spiro atoms. The number of likely N-dealkylation sites (tertiary alicyclic amines) is 1. The molecule has 2 aromatic heterocycles. The lowest BCUT2D eigenvalue weighted by molar-refractivity contribution is -0.141. The first kappa shape index (κ1) is 29.0. The predicted octanol–water partition coefficient (Wildman–Crippen LogP) is 4.76. The Labute approximate surface area is 216 Å². The van der Waals surface area contributed by atoms with Gasteiger partial charge in [-0.05, 0) is 37.2 Å². The van der Waals surface area contributed by atoms with Crippen LogP contribution in [-0.2, 0) is 11.3 Å². The second-order valence-electron chi connectivity index (χ2n) is 9.13. The molecular weight excluding hydrogens is 511 g/mol. The molecule has 0 bridgehead atoms. The van der Waals surface area contributed by atoms with E-state index in [1.807, 2.05) is 0 Å². The number of ether oxygens (including phenoxy) is 1. The fourth-order valence-corrected chi connectivity index (χ4v) is 4.79. The normalized spacial score (nSPS) is 18.3. The molecule has 0 radical (unpaired) electrons. The number of hydrogen-bond donors (Lipinski definition) is 1. The zero-order valence-electron chi connectivity index (χ0n) is 20.6. The van der Waals surface area contributed by atoms with Crippen LogP contribution >= 0.6 is 0 Å². The number of amides is 1. The summed E-state index contributed by atoms with van der Waals surface area (Å²) in [6.07, 6.45) is 5.63. The van der Waals surface area contributed by atoms with Gasteiger partial charge in [-0.3, -0.25) is 24.2 Å². The van der Waals surface area contributed by atoms with Gasteiger partial charge in [0.15, 0.2) is 0 Å². The smallest absolute Gasteiger partial charge is 0.381 e. The SMILES string of the molecule is C=CC=N/C=C(\N/C=C/F)c1nn(CC(F)(F)F)c2cc(C(=O)N3CCC4(CCOCC4)CC3)ncc12.F. The number of nitrogens with zero attached hydrogens (tertiary/aromatic N) is 5. The summed E-state index contributed by atoms with van der Waals surface area (Å²) < 4.78 is 59.0. The van der Waals surface area contributed by atoms with Crippen molar-refractivity contribution in [3.05, 3.63) is 55.0 Å². The third-order valence-electron chi connectivity index (χ3n) is 6.80. The minimum atomic E-state index is -4.56. The van der Waals surface area contributed by atoms with E-state index in [1.165, 1.54) is 30.8 Å². The molecule has 0 atom stereocenters. The van der Waals surface area contributed by atoms with Crippen molar-refractivity contribution < 1.29 is 31.8 Å². The van der Waals surface area contributed by atoms with Crippen molar-refractivity contribution in [3.63, 3.8) is 0 Å². The van der Waals surface area contributed by atoms with E-state index in [-0.39, 0.29) is 50.3 Å². The average molecular weight is 541 g/mol. The molecule has 2 saturated heterocycles. The van der Waals surface area contributed by atoms with E-state index in [0.29, 0.717) is 13.1 Å².